The van der Waals surface area contributed by atoms with Gasteiger partial charge in [-0.05, 0) is 12.3 Å². The van der Waals surface area contributed by atoms with Crippen molar-refractivity contribution in [2.45, 2.75) is 33.2 Å². The molecule has 0 aromatic heterocycles. The Morgan fingerprint density at radius 2 is 1.92 bits per heavy atom. The van der Waals surface area contributed by atoms with E-state index in [9.17, 15) is 8.42 Å². The van der Waals surface area contributed by atoms with Crippen molar-refractivity contribution in [1.82, 2.24) is 4.72 Å². The second kappa shape index (κ2) is 2.43. The minimum Gasteiger partial charge on any atom is -0.256 e. The Morgan fingerprint density at radius 1 is 1.42 bits per heavy atom. The zero-order chi connectivity index (χ0) is 9.62. The predicted octanol–water partition coefficient (Wildman–Crippen LogP) is 0.656. The van der Waals surface area contributed by atoms with Crippen LogP contribution >= 0.6 is 0 Å². The van der Waals surface area contributed by atoms with Crippen molar-refractivity contribution < 1.29 is 12.6 Å². The van der Waals surface area contributed by atoms with Gasteiger partial charge in [-0.25, -0.2) is 0 Å². The monoisotopic (exact) mass is 193 g/mol. The third-order valence-electron chi connectivity index (χ3n) is 2.51. The molecule has 0 aromatic rings. The molecule has 1 atom stereocenters. The topological polar surface area (TPSA) is 55.4 Å². The highest BCUT2D eigenvalue weighted by Crippen LogP contribution is 2.34. The van der Waals surface area contributed by atoms with Crippen LogP contribution in [0.4, 0.5) is 0 Å². The summed E-state index contributed by atoms with van der Waals surface area (Å²) in [5.41, 5.74) is -0.637. The molecule has 12 heavy (non-hydrogen) atoms. The van der Waals surface area contributed by atoms with Crippen LogP contribution in [0.2, 0.25) is 0 Å². The van der Waals surface area contributed by atoms with E-state index >= 15 is 0 Å². The molecule has 1 rings (SSSR count). The first-order valence-electron chi connectivity index (χ1n) is 3.85. The van der Waals surface area contributed by atoms with Crippen LogP contribution in [0.5, 0.6) is 0 Å². The highest BCUT2D eigenvalue weighted by molar-refractivity contribution is 7.85. The van der Waals surface area contributed by atoms with Crippen LogP contribution in [0.1, 0.15) is 27.7 Å². The molecule has 5 heteroatoms. The number of hydrogen-bond acceptors (Lipinski definition) is 3. The van der Waals surface area contributed by atoms with Crippen molar-refractivity contribution >= 4 is 10.3 Å². The van der Waals surface area contributed by atoms with Gasteiger partial charge in [-0.3, -0.25) is 4.18 Å². The average Bonchev–Trinajstić information content (AvgIpc) is 2.05. The first-order chi connectivity index (χ1) is 5.16. The maximum atomic E-state index is 11.0. The SMILES string of the molecule is CC(C)(C)[C@]1(C)COS(=O)(=O)N1. The Labute approximate surface area is 73.6 Å². The van der Waals surface area contributed by atoms with Crippen LogP contribution in [0, 0.1) is 5.41 Å². The van der Waals surface area contributed by atoms with Gasteiger partial charge in [0.15, 0.2) is 0 Å². The Bertz CT molecular complexity index is 278. The molecule has 1 N–H and O–H groups in total. The van der Waals surface area contributed by atoms with Crippen LogP contribution in [0.15, 0.2) is 0 Å². The molecule has 0 aromatic carbocycles. The normalized spacial score (nSPS) is 35.3. The van der Waals surface area contributed by atoms with E-state index in [1.54, 1.807) is 0 Å². The fourth-order valence-electron chi connectivity index (χ4n) is 0.900. The molecule has 72 valence electrons. The summed E-state index contributed by atoms with van der Waals surface area (Å²) in [6.45, 7) is 7.98. The largest absolute Gasteiger partial charge is 0.336 e. The second-order valence-electron chi connectivity index (χ2n) is 4.40. The van der Waals surface area contributed by atoms with E-state index < -0.39 is 15.8 Å². The van der Waals surface area contributed by atoms with Crippen molar-refractivity contribution in [2.75, 3.05) is 6.61 Å². The molecular weight excluding hydrogens is 178 g/mol. The van der Waals surface area contributed by atoms with E-state index in [0.717, 1.165) is 0 Å². The third kappa shape index (κ3) is 1.62. The van der Waals surface area contributed by atoms with Gasteiger partial charge in [0.25, 0.3) is 0 Å². The zero-order valence-corrected chi connectivity index (χ0v) is 8.66. The summed E-state index contributed by atoms with van der Waals surface area (Å²) in [5.74, 6) is 0. The summed E-state index contributed by atoms with van der Waals surface area (Å²) >= 11 is 0. The highest BCUT2D eigenvalue weighted by atomic mass is 32.2. The quantitative estimate of drug-likeness (QED) is 0.614. The Balaban J connectivity index is 2.93. The smallest absolute Gasteiger partial charge is 0.256 e. The van der Waals surface area contributed by atoms with Crippen molar-refractivity contribution in [3.8, 4) is 0 Å². The lowest BCUT2D eigenvalue weighted by molar-refractivity contribution is 0.153. The predicted molar refractivity (Wildman–Crippen MR) is 45.9 cm³/mol. The minimum absolute atomic E-state index is 0.142. The van der Waals surface area contributed by atoms with Gasteiger partial charge >= 0.3 is 10.3 Å². The fraction of sp³-hybridized carbons (Fsp3) is 1.00. The first-order valence-corrected chi connectivity index (χ1v) is 5.25. The van der Waals surface area contributed by atoms with E-state index in [-0.39, 0.29) is 12.0 Å². The van der Waals surface area contributed by atoms with Crippen LogP contribution in [0.25, 0.3) is 0 Å². The molecule has 1 saturated heterocycles. The summed E-state index contributed by atoms with van der Waals surface area (Å²) < 4.78 is 29.1. The van der Waals surface area contributed by atoms with E-state index in [4.69, 9.17) is 0 Å². The van der Waals surface area contributed by atoms with Gasteiger partial charge in [0.2, 0.25) is 0 Å². The molecule has 0 amide bonds. The molecule has 0 bridgehead atoms. The lowest BCUT2D eigenvalue weighted by atomic mass is 9.76. The van der Waals surface area contributed by atoms with Gasteiger partial charge in [0.1, 0.15) is 0 Å². The molecule has 0 radical (unpaired) electrons. The molecule has 0 unspecified atom stereocenters. The van der Waals surface area contributed by atoms with E-state index in [0.29, 0.717) is 0 Å². The van der Waals surface area contributed by atoms with E-state index in [2.05, 4.69) is 8.91 Å². The Hall–Kier alpha value is -0.130. The summed E-state index contributed by atoms with van der Waals surface area (Å²) in [6, 6.07) is 0. The van der Waals surface area contributed by atoms with Crippen LogP contribution in [0.3, 0.4) is 0 Å². The van der Waals surface area contributed by atoms with Gasteiger partial charge in [0, 0.05) is 0 Å². The standard InChI is InChI=1S/C7H15NO3S/c1-6(2,3)7(4)5-11-12(9,10)8-7/h8H,5H2,1-4H3/t7-/m0/s1. The average molecular weight is 193 g/mol. The lowest BCUT2D eigenvalue weighted by Gasteiger charge is -2.35. The summed E-state index contributed by atoms with van der Waals surface area (Å²) in [5, 5.41) is 0. The van der Waals surface area contributed by atoms with Crippen molar-refractivity contribution in [3.05, 3.63) is 0 Å². The Morgan fingerprint density at radius 3 is 2.08 bits per heavy atom. The molecule has 1 heterocycles. The molecular formula is C7H15NO3S. The van der Waals surface area contributed by atoms with E-state index in [1.165, 1.54) is 0 Å². The second-order valence-corrected chi connectivity index (χ2v) is 5.75. The maximum absolute atomic E-state index is 11.0. The molecule has 1 aliphatic heterocycles. The number of rotatable bonds is 0. The Kier molecular flexibility index (Phi) is 2.02. The number of hydrogen-bond donors (Lipinski definition) is 1. The summed E-state index contributed by atoms with van der Waals surface area (Å²) in [6.07, 6.45) is 0. The number of nitrogens with one attached hydrogen (secondary N) is 1. The minimum atomic E-state index is -3.49. The zero-order valence-electron chi connectivity index (χ0n) is 7.84. The van der Waals surface area contributed by atoms with Gasteiger partial charge < -0.3 is 0 Å². The van der Waals surface area contributed by atoms with Crippen LogP contribution in [-0.2, 0) is 14.5 Å². The molecule has 0 saturated carbocycles. The first kappa shape index (κ1) is 9.95. The molecule has 4 nitrogen and oxygen atoms in total. The lowest BCUT2D eigenvalue weighted by Crippen LogP contribution is -2.51. The summed E-state index contributed by atoms with van der Waals surface area (Å²) in [4.78, 5) is 0. The third-order valence-corrected chi connectivity index (χ3v) is 3.64. The molecule has 0 aliphatic carbocycles. The van der Waals surface area contributed by atoms with Crippen molar-refractivity contribution in [3.63, 3.8) is 0 Å². The highest BCUT2D eigenvalue weighted by Gasteiger charge is 2.46. The van der Waals surface area contributed by atoms with E-state index in [1.807, 2.05) is 27.7 Å². The molecule has 1 aliphatic rings. The van der Waals surface area contributed by atoms with Crippen molar-refractivity contribution in [1.29, 1.82) is 0 Å². The van der Waals surface area contributed by atoms with Gasteiger partial charge in [-0.15, -0.1) is 0 Å². The fourth-order valence-corrected chi connectivity index (χ4v) is 2.27. The van der Waals surface area contributed by atoms with Crippen LogP contribution in [-0.4, -0.2) is 20.6 Å². The van der Waals surface area contributed by atoms with Crippen LogP contribution < -0.4 is 4.72 Å². The van der Waals surface area contributed by atoms with Gasteiger partial charge in [-0.1, -0.05) is 20.8 Å². The maximum Gasteiger partial charge on any atom is 0.336 e. The summed E-state index contributed by atoms with van der Waals surface area (Å²) in [7, 11) is -3.49. The molecule has 0 spiro atoms. The van der Waals surface area contributed by atoms with Crippen molar-refractivity contribution in [2.24, 2.45) is 5.41 Å². The van der Waals surface area contributed by atoms with Gasteiger partial charge in [-0.2, -0.15) is 13.1 Å². The molecule has 1 fully saturated rings. The van der Waals surface area contributed by atoms with Gasteiger partial charge in [0.05, 0.1) is 12.1 Å².